The summed E-state index contributed by atoms with van der Waals surface area (Å²) in [5.41, 5.74) is 9.04. The molecule has 0 unspecified atom stereocenters. The smallest absolute Gasteiger partial charge is 0.267 e. The number of carbonyl (C=O) groups is 1. The van der Waals surface area contributed by atoms with Crippen LogP contribution in [0.1, 0.15) is 9.67 Å². The zero-order valence-corrected chi connectivity index (χ0v) is 16.8. The fraction of sp³-hybridized carbons (Fsp3) is 0.0909. The van der Waals surface area contributed by atoms with E-state index in [-0.39, 0.29) is 12.7 Å². The number of methoxy groups -OCH3 is 1. The number of hydrogen-bond acceptors (Lipinski definition) is 7. The highest BCUT2D eigenvalue weighted by Crippen LogP contribution is 2.37. The molecule has 1 aliphatic rings. The van der Waals surface area contributed by atoms with Crippen molar-refractivity contribution in [1.82, 2.24) is 4.98 Å². The number of hydrogen-bond donors (Lipinski definition) is 2. The molecule has 150 valence electrons. The van der Waals surface area contributed by atoms with Gasteiger partial charge >= 0.3 is 0 Å². The standard InChI is InChI=1S/C22H17N3O4S/c1-27-14-5-2-12(3-6-14)16-8-7-15-19(23)20(30-22(15)25-16)21(26)24-13-4-9-17-18(10-13)29-11-28-17/h2-10H,11,23H2,1H3,(H,24,26). The molecule has 7 nitrogen and oxygen atoms in total. The number of rotatable bonds is 4. The third-order valence-electron chi connectivity index (χ3n) is 4.82. The van der Waals surface area contributed by atoms with Gasteiger partial charge < -0.3 is 25.3 Å². The molecule has 1 aliphatic heterocycles. The summed E-state index contributed by atoms with van der Waals surface area (Å²) in [6, 6.07) is 16.7. The molecular formula is C22H17N3O4S. The molecule has 8 heteroatoms. The Morgan fingerprint density at radius 1 is 1.10 bits per heavy atom. The number of pyridine rings is 1. The predicted molar refractivity (Wildman–Crippen MR) is 117 cm³/mol. The molecule has 3 N–H and O–H groups in total. The maximum atomic E-state index is 12.8. The Bertz CT molecular complexity index is 1270. The Kier molecular flexibility index (Phi) is 4.40. The Hall–Kier alpha value is -3.78. The minimum absolute atomic E-state index is 0.179. The third-order valence-corrected chi connectivity index (χ3v) is 5.93. The second-order valence-corrected chi connectivity index (χ2v) is 7.64. The lowest BCUT2D eigenvalue weighted by atomic mass is 10.1. The summed E-state index contributed by atoms with van der Waals surface area (Å²) in [6.07, 6.45) is 0. The average Bonchev–Trinajstić information content (AvgIpc) is 3.37. The van der Waals surface area contributed by atoms with Crippen LogP contribution in [0, 0.1) is 0 Å². The van der Waals surface area contributed by atoms with Gasteiger partial charge in [-0.05, 0) is 48.5 Å². The summed E-state index contributed by atoms with van der Waals surface area (Å²) in [4.78, 5) is 18.7. The third kappa shape index (κ3) is 3.17. The van der Waals surface area contributed by atoms with Gasteiger partial charge in [-0.2, -0.15) is 0 Å². The van der Waals surface area contributed by atoms with Crippen LogP contribution in [0.15, 0.2) is 54.6 Å². The first kappa shape index (κ1) is 18.3. The van der Waals surface area contributed by atoms with E-state index in [4.69, 9.17) is 24.9 Å². The van der Waals surface area contributed by atoms with E-state index in [9.17, 15) is 4.79 Å². The molecule has 3 heterocycles. The quantitative estimate of drug-likeness (QED) is 0.504. The van der Waals surface area contributed by atoms with Crippen LogP contribution in [-0.2, 0) is 0 Å². The first-order valence-corrected chi connectivity index (χ1v) is 9.98. The van der Waals surface area contributed by atoms with Gasteiger partial charge in [0.1, 0.15) is 15.5 Å². The fourth-order valence-electron chi connectivity index (χ4n) is 3.25. The molecule has 0 saturated heterocycles. The van der Waals surface area contributed by atoms with Crippen LogP contribution in [0.25, 0.3) is 21.5 Å². The summed E-state index contributed by atoms with van der Waals surface area (Å²) < 4.78 is 15.8. The van der Waals surface area contributed by atoms with Crippen LogP contribution in [0.4, 0.5) is 11.4 Å². The number of nitrogen functional groups attached to an aromatic ring is 1. The first-order valence-electron chi connectivity index (χ1n) is 9.17. The molecule has 0 spiro atoms. The Labute approximate surface area is 176 Å². The molecule has 4 aromatic rings. The monoisotopic (exact) mass is 419 g/mol. The number of fused-ring (bicyclic) bond motifs is 2. The number of ether oxygens (including phenoxy) is 3. The Balaban J connectivity index is 1.44. The molecule has 0 atom stereocenters. The lowest BCUT2D eigenvalue weighted by Gasteiger charge is -2.05. The second-order valence-electron chi connectivity index (χ2n) is 6.64. The maximum Gasteiger partial charge on any atom is 0.267 e. The molecule has 1 amide bonds. The van der Waals surface area contributed by atoms with E-state index in [2.05, 4.69) is 5.32 Å². The number of carbonyl (C=O) groups excluding carboxylic acids is 1. The molecule has 5 rings (SSSR count). The van der Waals surface area contributed by atoms with Crippen molar-refractivity contribution in [2.24, 2.45) is 0 Å². The topological polar surface area (TPSA) is 95.7 Å². The van der Waals surface area contributed by atoms with Gasteiger partial charge in [0.15, 0.2) is 11.5 Å². The predicted octanol–water partition coefficient (Wildman–Crippen LogP) is 4.54. The van der Waals surface area contributed by atoms with Crippen molar-refractivity contribution in [1.29, 1.82) is 0 Å². The van der Waals surface area contributed by atoms with Gasteiger partial charge in [0.2, 0.25) is 6.79 Å². The lowest BCUT2D eigenvalue weighted by Crippen LogP contribution is -2.11. The van der Waals surface area contributed by atoms with Crippen LogP contribution in [0.2, 0.25) is 0 Å². The van der Waals surface area contributed by atoms with Crippen molar-refractivity contribution in [2.45, 2.75) is 0 Å². The second kappa shape index (κ2) is 7.23. The fourth-order valence-corrected chi connectivity index (χ4v) is 4.24. The number of amides is 1. The van der Waals surface area contributed by atoms with Crippen molar-refractivity contribution in [2.75, 3.05) is 25.0 Å². The SMILES string of the molecule is COc1ccc(-c2ccc3c(N)c(C(=O)Nc4ccc5c(c4)OCO5)sc3n2)cc1. The Morgan fingerprint density at radius 3 is 2.70 bits per heavy atom. The molecule has 0 radical (unpaired) electrons. The Morgan fingerprint density at radius 2 is 1.90 bits per heavy atom. The van der Waals surface area contributed by atoms with Gasteiger partial charge in [-0.25, -0.2) is 4.98 Å². The number of aromatic nitrogens is 1. The van der Waals surface area contributed by atoms with Crippen molar-refractivity contribution < 1.29 is 19.0 Å². The van der Waals surface area contributed by atoms with Crippen molar-refractivity contribution >= 4 is 38.8 Å². The zero-order chi connectivity index (χ0) is 20.7. The number of nitrogens with two attached hydrogens (primary N) is 1. The van der Waals surface area contributed by atoms with Crippen LogP contribution in [0.3, 0.4) is 0 Å². The highest BCUT2D eigenvalue weighted by Gasteiger charge is 2.19. The van der Waals surface area contributed by atoms with E-state index in [1.54, 1.807) is 25.3 Å². The van der Waals surface area contributed by atoms with Gasteiger partial charge in [0, 0.05) is 22.7 Å². The van der Waals surface area contributed by atoms with Crippen molar-refractivity contribution in [3.05, 3.63) is 59.5 Å². The van der Waals surface area contributed by atoms with Crippen molar-refractivity contribution in [3.63, 3.8) is 0 Å². The van der Waals surface area contributed by atoms with Gasteiger partial charge in [-0.3, -0.25) is 4.79 Å². The van der Waals surface area contributed by atoms with E-state index in [1.807, 2.05) is 36.4 Å². The summed E-state index contributed by atoms with van der Waals surface area (Å²) in [7, 11) is 1.63. The molecule has 30 heavy (non-hydrogen) atoms. The summed E-state index contributed by atoms with van der Waals surface area (Å²) in [5.74, 6) is 1.75. The molecule has 2 aromatic heterocycles. The number of nitrogens with zero attached hydrogens (tertiary/aromatic N) is 1. The molecular weight excluding hydrogens is 402 g/mol. The van der Waals surface area contributed by atoms with Crippen LogP contribution in [0.5, 0.6) is 17.2 Å². The first-order chi connectivity index (χ1) is 14.6. The van der Waals surface area contributed by atoms with Crippen LogP contribution < -0.4 is 25.3 Å². The van der Waals surface area contributed by atoms with Gasteiger partial charge in [-0.1, -0.05) is 0 Å². The summed E-state index contributed by atoms with van der Waals surface area (Å²) >= 11 is 1.26. The molecule has 0 aliphatic carbocycles. The van der Waals surface area contributed by atoms with Gasteiger partial charge in [0.05, 0.1) is 18.5 Å². The van der Waals surface area contributed by atoms with Crippen LogP contribution >= 0.6 is 11.3 Å². The molecule has 0 saturated carbocycles. The maximum absolute atomic E-state index is 12.8. The minimum Gasteiger partial charge on any atom is -0.497 e. The number of nitrogens with one attached hydrogen (secondary N) is 1. The highest BCUT2D eigenvalue weighted by molar-refractivity contribution is 7.21. The number of thiophene rings is 1. The largest absolute Gasteiger partial charge is 0.497 e. The van der Waals surface area contributed by atoms with Crippen molar-refractivity contribution in [3.8, 4) is 28.5 Å². The lowest BCUT2D eigenvalue weighted by molar-refractivity contribution is 0.103. The number of anilines is 2. The zero-order valence-electron chi connectivity index (χ0n) is 16.0. The summed E-state index contributed by atoms with van der Waals surface area (Å²) in [5, 5.41) is 3.62. The summed E-state index contributed by atoms with van der Waals surface area (Å²) in [6.45, 7) is 0.179. The normalized spacial score (nSPS) is 12.2. The van der Waals surface area contributed by atoms with E-state index >= 15 is 0 Å². The highest BCUT2D eigenvalue weighted by atomic mass is 32.1. The van der Waals surface area contributed by atoms with E-state index in [0.29, 0.717) is 32.6 Å². The molecule has 0 bridgehead atoms. The average molecular weight is 419 g/mol. The van der Waals surface area contributed by atoms with Gasteiger partial charge in [0.25, 0.3) is 5.91 Å². The van der Waals surface area contributed by atoms with E-state index in [1.165, 1.54) is 11.3 Å². The van der Waals surface area contributed by atoms with Gasteiger partial charge in [-0.15, -0.1) is 11.3 Å². The van der Waals surface area contributed by atoms with Crippen LogP contribution in [-0.4, -0.2) is 24.8 Å². The van der Waals surface area contributed by atoms with E-state index < -0.39 is 0 Å². The number of benzene rings is 2. The molecule has 0 fully saturated rings. The minimum atomic E-state index is -0.291. The van der Waals surface area contributed by atoms with E-state index in [0.717, 1.165) is 22.4 Å². The molecule has 2 aromatic carbocycles.